The van der Waals surface area contributed by atoms with Crippen LogP contribution in [-0.4, -0.2) is 5.91 Å². The summed E-state index contributed by atoms with van der Waals surface area (Å²) >= 11 is 6.84. The molecule has 0 unspecified atom stereocenters. The number of hydrogen-bond donors (Lipinski definition) is 1. The molecule has 0 spiro atoms. The quantitative estimate of drug-likeness (QED) is 0.775. The van der Waals surface area contributed by atoms with Crippen molar-refractivity contribution in [3.05, 3.63) is 68.1 Å². The molecule has 0 bridgehead atoms. The monoisotopic (exact) mass is 395 g/mol. The van der Waals surface area contributed by atoms with E-state index in [9.17, 15) is 4.79 Å². The summed E-state index contributed by atoms with van der Waals surface area (Å²) in [5.41, 5.74) is 2.80. The first-order valence-electron chi connectivity index (χ1n) is 6.30. The number of carbonyl (C=O) groups is 1. The van der Waals surface area contributed by atoms with E-state index < -0.39 is 0 Å². The van der Waals surface area contributed by atoms with Crippen molar-refractivity contribution < 1.29 is 4.79 Å². The summed E-state index contributed by atoms with van der Waals surface area (Å²) in [6.07, 6.45) is 0. The van der Waals surface area contributed by atoms with E-state index in [1.54, 1.807) is 0 Å². The molecular formula is C16H15Br2NO. The minimum Gasteiger partial charge on any atom is -0.346 e. The molecule has 2 aromatic rings. The van der Waals surface area contributed by atoms with Gasteiger partial charge in [-0.25, -0.2) is 0 Å². The van der Waals surface area contributed by atoms with E-state index in [0.717, 1.165) is 20.1 Å². The summed E-state index contributed by atoms with van der Waals surface area (Å²) in [6, 6.07) is 13.5. The maximum atomic E-state index is 12.2. The van der Waals surface area contributed by atoms with Crippen molar-refractivity contribution in [2.75, 3.05) is 0 Å². The Balaban J connectivity index is 2.10. The number of halogens is 2. The molecular weight excluding hydrogens is 382 g/mol. The summed E-state index contributed by atoms with van der Waals surface area (Å²) in [6.45, 7) is 3.95. The molecule has 0 fully saturated rings. The molecule has 4 heteroatoms. The largest absolute Gasteiger partial charge is 0.346 e. The zero-order chi connectivity index (χ0) is 14.7. The summed E-state index contributed by atoms with van der Waals surface area (Å²) in [5.74, 6) is -0.0592. The smallest absolute Gasteiger partial charge is 0.251 e. The third-order valence-electron chi connectivity index (χ3n) is 3.14. The highest BCUT2D eigenvalue weighted by molar-refractivity contribution is 9.10. The number of nitrogens with one attached hydrogen (secondary N) is 1. The van der Waals surface area contributed by atoms with Gasteiger partial charge >= 0.3 is 0 Å². The van der Waals surface area contributed by atoms with Gasteiger partial charge in [0.25, 0.3) is 5.91 Å². The van der Waals surface area contributed by atoms with Crippen LogP contribution in [0.1, 0.15) is 34.5 Å². The van der Waals surface area contributed by atoms with Crippen molar-refractivity contribution in [1.82, 2.24) is 5.32 Å². The van der Waals surface area contributed by atoms with Crippen LogP contribution in [0.25, 0.3) is 0 Å². The summed E-state index contributed by atoms with van der Waals surface area (Å²) in [4.78, 5) is 12.2. The van der Waals surface area contributed by atoms with Crippen molar-refractivity contribution in [1.29, 1.82) is 0 Å². The lowest BCUT2D eigenvalue weighted by molar-refractivity contribution is 0.0940. The number of carbonyl (C=O) groups excluding carboxylic acids is 1. The Morgan fingerprint density at radius 1 is 1.10 bits per heavy atom. The van der Waals surface area contributed by atoms with Gasteiger partial charge in [-0.2, -0.15) is 0 Å². The fourth-order valence-corrected chi connectivity index (χ4v) is 2.41. The zero-order valence-corrected chi connectivity index (χ0v) is 14.5. The lowest BCUT2D eigenvalue weighted by Crippen LogP contribution is -2.26. The first-order chi connectivity index (χ1) is 9.47. The Morgan fingerprint density at radius 2 is 1.75 bits per heavy atom. The third-order valence-corrected chi connectivity index (χ3v) is 4.56. The predicted molar refractivity (Wildman–Crippen MR) is 88.9 cm³/mol. The minimum absolute atomic E-state index is 0.0282. The van der Waals surface area contributed by atoms with Gasteiger partial charge in [0, 0.05) is 14.5 Å². The molecule has 20 heavy (non-hydrogen) atoms. The number of aryl methyl sites for hydroxylation is 1. The third kappa shape index (κ3) is 3.70. The number of rotatable bonds is 3. The maximum absolute atomic E-state index is 12.2. The molecule has 2 rings (SSSR count). The highest BCUT2D eigenvalue weighted by Gasteiger charge is 2.12. The Labute approximate surface area is 135 Å². The van der Waals surface area contributed by atoms with Crippen LogP contribution in [0.15, 0.2) is 51.4 Å². The molecule has 0 radical (unpaired) electrons. The number of hydrogen-bond acceptors (Lipinski definition) is 1. The molecule has 2 nitrogen and oxygen atoms in total. The highest BCUT2D eigenvalue weighted by atomic mass is 79.9. The van der Waals surface area contributed by atoms with Crippen LogP contribution in [0.5, 0.6) is 0 Å². The SMILES string of the molecule is Cc1cc(C(=O)N[C@H](C)c2ccc(Br)cc2)ccc1Br. The van der Waals surface area contributed by atoms with Gasteiger partial charge in [0.05, 0.1) is 6.04 Å². The second-order valence-electron chi connectivity index (χ2n) is 4.71. The highest BCUT2D eigenvalue weighted by Crippen LogP contribution is 2.19. The van der Waals surface area contributed by atoms with E-state index in [1.807, 2.05) is 56.3 Å². The minimum atomic E-state index is -0.0592. The van der Waals surface area contributed by atoms with Crippen molar-refractivity contribution >= 4 is 37.8 Å². The molecule has 0 aliphatic carbocycles. The molecule has 1 atom stereocenters. The fourth-order valence-electron chi connectivity index (χ4n) is 1.90. The fraction of sp³-hybridized carbons (Fsp3) is 0.188. The number of benzene rings is 2. The van der Waals surface area contributed by atoms with Crippen molar-refractivity contribution in [2.45, 2.75) is 19.9 Å². The molecule has 0 aliphatic heterocycles. The lowest BCUT2D eigenvalue weighted by atomic mass is 10.1. The van der Waals surface area contributed by atoms with Crippen LogP contribution in [0.3, 0.4) is 0 Å². The normalized spacial score (nSPS) is 12.0. The molecule has 0 saturated heterocycles. The van der Waals surface area contributed by atoms with E-state index in [0.29, 0.717) is 5.56 Å². The molecule has 1 amide bonds. The molecule has 0 saturated carbocycles. The van der Waals surface area contributed by atoms with Gasteiger partial charge < -0.3 is 5.32 Å². The molecule has 0 heterocycles. The van der Waals surface area contributed by atoms with E-state index in [4.69, 9.17) is 0 Å². The molecule has 2 aromatic carbocycles. The Hall–Kier alpha value is -1.13. The van der Waals surface area contributed by atoms with E-state index in [2.05, 4.69) is 37.2 Å². The number of amides is 1. The van der Waals surface area contributed by atoms with E-state index >= 15 is 0 Å². The summed E-state index contributed by atoms with van der Waals surface area (Å²) in [7, 11) is 0. The zero-order valence-electron chi connectivity index (χ0n) is 11.3. The van der Waals surface area contributed by atoms with Gasteiger partial charge in [-0.1, -0.05) is 44.0 Å². The molecule has 0 aromatic heterocycles. The molecule has 1 N–H and O–H groups in total. The average Bonchev–Trinajstić information content (AvgIpc) is 2.42. The van der Waals surface area contributed by atoms with Gasteiger partial charge in [0.15, 0.2) is 0 Å². The Kier molecular flexibility index (Phi) is 5.00. The van der Waals surface area contributed by atoms with Crippen LogP contribution in [0, 0.1) is 6.92 Å². The topological polar surface area (TPSA) is 29.1 Å². The first kappa shape index (κ1) is 15.3. The van der Waals surface area contributed by atoms with Gasteiger partial charge in [0.2, 0.25) is 0 Å². The van der Waals surface area contributed by atoms with Gasteiger partial charge in [0.1, 0.15) is 0 Å². The Bertz CT molecular complexity index is 623. The van der Waals surface area contributed by atoms with Crippen LogP contribution >= 0.6 is 31.9 Å². The predicted octanol–water partition coefficient (Wildman–Crippen LogP) is 5.01. The molecule has 0 aliphatic rings. The second kappa shape index (κ2) is 6.55. The van der Waals surface area contributed by atoms with Crippen molar-refractivity contribution in [3.8, 4) is 0 Å². The van der Waals surface area contributed by atoms with Crippen LogP contribution < -0.4 is 5.32 Å². The second-order valence-corrected chi connectivity index (χ2v) is 6.48. The maximum Gasteiger partial charge on any atom is 0.251 e. The Morgan fingerprint density at radius 3 is 2.35 bits per heavy atom. The molecule has 104 valence electrons. The average molecular weight is 397 g/mol. The van der Waals surface area contributed by atoms with Crippen LogP contribution in [0.4, 0.5) is 0 Å². The standard InChI is InChI=1S/C16H15Br2NO/c1-10-9-13(5-8-15(10)18)16(20)19-11(2)12-3-6-14(17)7-4-12/h3-9,11H,1-2H3,(H,19,20)/t11-/m1/s1. The summed E-state index contributed by atoms with van der Waals surface area (Å²) in [5, 5.41) is 3.01. The lowest BCUT2D eigenvalue weighted by Gasteiger charge is -2.15. The first-order valence-corrected chi connectivity index (χ1v) is 7.88. The summed E-state index contributed by atoms with van der Waals surface area (Å²) < 4.78 is 2.04. The van der Waals surface area contributed by atoms with Crippen molar-refractivity contribution in [3.63, 3.8) is 0 Å². The van der Waals surface area contributed by atoms with Crippen molar-refractivity contribution in [2.24, 2.45) is 0 Å². The van der Waals surface area contributed by atoms with Crippen LogP contribution in [-0.2, 0) is 0 Å². The van der Waals surface area contributed by atoms with Crippen LogP contribution in [0.2, 0.25) is 0 Å². The van der Waals surface area contributed by atoms with Gasteiger partial charge in [-0.3, -0.25) is 4.79 Å². The van der Waals surface area contributed by atoms with Gasteiger partial charge in [-0.05, 0) is 55.3 Å². The van der Waals surface area contributed by atoms with E-state index in [1.165, 1.54) is 0 Å². The van der Waals surface area contributed by atoms with E-state index in [-0.39, 0.29) is 11.9 Å². The van der Waals surface area contributed by atoms with Gasteiger partial charge in [-0.15, -0.1) is 0 Å².